The first-order valence-electron chi connectivity index (χ1n) is 4.33. The molecule has 2 heterocycles. The summed E-state index contributed by atoms with van der Waals surface area (Å²) >= 11 is 0. The fraction of sp³-hybridized carbons (Fsp3) is 0. The van der Waals surface area contributed by atoms with Gasteiger partial charge in [-0.2, -0.15) is 5.10 Å². The van der Waals surface area contributed by atoms with Gasteiger partial charge in [-0.15, -0.1) is 0 Å². The van der Waals surface area contributed by atoms with Gasteiger partial charge in [0.15, 0.2) is 0 Å². The van der Waals surface area contributed by atoms with Crippen LogP contribution in [0.2, 0.25) is 0 Å². The highest BCUT2D eigenvalue weighted by molar-refractivity contribution is 5.95. The number of aliphatic imine (C=N–C) groups is 1. The Bertz CT molecular complexity index is 485. The lowest BCUT2D eigenvalue weighted by Gasteiger charge is -1.97. The average molecular weight is 183 g/mol. The van der Waals surface area contributed by atoms with Crippen molar-refractivity contribution in [3.8, 4) is 0 Å². The normalized spacial score (nSPS) is 13.3. The molecule has 1 radical (unpaired) electrons. The van der Waals surface area contributed by atoms with Gasteiger partial charge in [-0.25, -0.2) is 15.0 Å². The number of para-hydroxylation sites is 2. The predicted molar refractivity (Wildman–Crippen MR) is 53.0 cm³/mol. The molecule has 0 amide bonds. The third kappa shape index (κ3) is 1.01. The monoisotopic (exact) mass is 183 g/mol. The lowest BCUT2D eigenvalue weighted by Crippen LogP contribution is -2.17. The quantitative estimate of drug-likeness (QED) is 0.612. The van der Waals surface area contributed by atoms with Crippen molar-refractivity contribution in [2.24, 2.45) is 4.99 Å². The second-order valence-corrected chi connectivity index (χ2v) is 2.96. The molecule has 0 saturated heterocycles. The third-order valence-electron chi connectivity index (χ3n) is 2.03. The summed E-state index contributed by atoms with van der Waals surface area (Å²) in [4.78, 5) is 4.34. The van der Waals surface area contributed by atoms with Gasteiger partial charge in [0.05, 0.1) is 11.4 Å². The number of fused-ring (bicyclic) bond motifs is 1. The molecule has 0 aliphatic carbocycles. The second kappa shape index (κ2) is 2.70. The molecule has 0 N–H and O–H groups in total. The van der Waals surface area contributed by atoms with Crippen molar-refractivity contribution in [2.45, 2.75) is 0 Å². The van der Waals surface area contributed by atoms with Crippen LogP contribution in [0.15, 0.2) is 47.7 Å². The fourth-order valence-electron chi connectivity index (χ4n) is 1.38. The zero-order valence-electron chi connectivity index (χ0n) is 7.33. The van der Waals surface area contributed by atoms with Crippen molar-refractivity contribution < 1.29 is 0 Å². The van der Waals surface area contributed by atoms with E-state index in [2.05, 4.69) is 15.4 Å². The van der Waals surface area contributed by atoms with E-state index in [9.17, 15) is 0 Å². The maximum absolute atomic E-state index is 4.34. The molecule has 1 aliphatic heterocycles. The molecule has 67 valence electrons. The van der Waals surface area contributed by atoms with Crippen molar-refractivity contribution >= 4 is 17.3 Å². The van der Waals surface area contributed by atoms with E-state index in [4.69, 9.17) is 0 Å². The summed E-state index contributed by atoms with van der Waals surface area (Å²) in [6.07, 6.45) is 3.54. The van der Waals surface area contributed by atoms with E-state index in [1.807, 2.05) is 36.5 Å². The van der Waals surface area contributed by atoms with Crippen molar-refractivity contribution in [1.29, 1.82) is 0 Å². The van der Waals surface area contributed by atoms with Crippen molar-refractivity contribution in [3.63, 3.8) is 0 Å². The molecule has 0 unspecified atom stereocenters. The van der Waals surface area contributed by atoms with Crippen molar-refractivity contribution in [3.05, 3.63) is 42.7 Å². The molecule has 3 rings (SSSR count). The lowest BCUT2D eigenvalue weighted by molar-refractivity contribution is 0.902. The van der Waals surface area contributed by atoms with Gasteiger partial charge in [0, 0.05) is 12.4 Å². The van der Waals surface area contributed by atoms with Gasteiger partial charge in [-0.1, -0.05) is 12.1 Å². The molecule has 4 nitrogen and oxygen atoms in total. The molecule has 2 aromatic rings. The summed E-state index contributed by atoms with van der Waals surface area (Å²) in [5.41, 5.74) is 1.80. The molecular formula is C10H7N4. The third-order valence-corrected chi connectivity index (χ3v) is 2.03. The van der Waals surface area contributed by atoms with Crippen LogP contribution >= 0.6 is 0 Å². The fourth-order valence-corrected chi connectivity index (χ4v) is 1.38. The van der Waals surface area contributed by atoms with Gasteiger partial charge in [0.1, 0.15) is 0 Å². The van der Waals surface area contributed by atoms with Gasteiger partial charge in [-0.3, -0.25) is 0 Å². The Balaban J connectivity index is 2.04. The summed E-state index contributed by atoms with van der Waals surface area (Å²) in [7, 11) is 0. The van der Waals surface area contributed by atoms with Crippen molar-refractivity contribution in [2.75, 3.05) is 0 Å². The maximum Gasteiger partial charge on any atom is 0.251 e. The van der Waals surface area contributed by atoms with Crippen LogP contribution in [0, 0.1) is 0 Å². The van der Waals surface area contributed by atoms with E-state index < -0.39 is 0 Å². The van der Waals surface area contributed by atoms with Gasteiger partial charge >= 0.3 is 0 Å². The predicted octanol–water partition coefficient (Wildman–Crippen LogP) is 1.67. The minimum Gasteiger partial charge on any atom is -0.209 e. The molecule has 14 heavy (non-hydrogen) atoms. The molecule has 4 heteroatoms. The first kappa shape index (κ1) is 7.32. The molecule has 0 saturated carbocycles. The van der Waals surface area contributed by atoms with Crippen LogP contribution in [0.25, 0.3) is 0 Å². The molecule has 0 fully saturated rings. The van der Waals surface area contributed by atoms with Gasteiger partial charge < -0.3 is 0 Å². The Labute approximate surface area is 80.9 Å². The minimum atomic E-state index is 0.621. The Morgan fingerprint density at radius 3 is 2.57 bits per heavy atom. The van der Waals surface area contributed by atoms with E-state index in [1.165, 1.54) is 0 Å². The Kier molecular flexibility index (Phi) is 1.41. The standard InChI is InChI=1S/C10H7N4/c1-2-5-9-8(4-1)12-10(13-9)14-7-3-6-11-14/h1-7H. The van der Waals surface area contributed by atoms with E-state index in [-0.39, 0.29) is 0 Å². The molecule has 1 aliphatic rings. The number of rotatable bonds is 0. The highest BCUT2D eigenvalue weighted by Crippen LogP contribution is 2.29. The number of benzene rings is 1. The van der Waals surface area contributed by atoms with Crippen LogP contribution < -0.4 is 5.32 Å². The Morgan fingerprint density at radius 2 is 1.86 bits per heavy atom. The summed E-state index contributed by atoms with van der Waals surface area (Å²) in [6.45, 7) is 0. The summed E-state index contributed by atoms with van der Waals surface area (Å²) in [5, 5.41) is 8.42. The first-order chi connectivity index (χ1) is 6.93. The first-order valence-corrected chi connectivity index (χ1v) is 4.33. The molecule has 0 atom stereocenters. The highest BCUT2D eigenvalue weighted by atomic mass is 15.4. The molecule has 1 aromatic carbocycles. The average Bonchev–Trinajstić information content (AvgIpc) is 2.86. The zero-order chi connectivity index (χ0) is 9.38. The lowest BCUT2D eigenvalue weighted by atomic mass is 10.3. The van der Waals surface area contributed by atoms with E-state index in [0.717, 1.165) is 11.4 Å². The number of aromatic nitrogens is 2. The van der Waals surface area contributed by atoms with Crippen LogP contribution in [0.1, 0.15) is 0 Å². The maximum atomic E-state index is 4.34. The summed E-state index contributed by atoms with van der Waals surface area (Å²) in [5.74, 6) is 0.621. The van der Waals surface area contributed by atoms with Crippen LogP contribution in [0.5, 0.6) is 0 Å². The largest absolute Gasteiger partial charge is 0.251 e. The number of hydrogen-bond acceptors (Lipinski definition) is 2. The van der Waals surface area contributed by atoms with Gasteiger partial charge in [-0.05, 0) is 18.2 Å². The second-order valence-electron chi connectivity index (χ2n) is 2.96. The van der Waals surface area contributed by atoms with E-state index in [1.54, 1.807) is 10.9 Å². The van der Waals surface area contributed by atoms with E-state index >= 15 is 0 Å². The molecule has 0 spiro atoms. The minimum absolute atomic E-state index is 0.621. The molecule has 0 bridgehead atoms. The number of hydrogen-bond donors (Lipinski definition) is 0. The Hall–Kier alpha value is -2.10. The number of nitrogens with zero attached hydrogens (tertiary/aromatic N) is 4. The Morgan fingerprint density at radius 1 is 1.00 bits per heavy atom. The smallest absolute Gasteiger partial charge is 0.209 e. The van der Waals surface area contributed by atoms with Crippen LogP contribution in [-0.2, 0) is 0 Å². The van der Waals surface area contributed by atoms with Crippen LogP contribution in [0.3, 0.4) is 0 Å². The van der Waals surface area contributed by atoms with Gasteiger partial charge in [0.2, 0.25) is 0 Å². The molecular weight excluding hydrogens is 176 g/mol. The highest BCUT2D eigenvalue weighted by Gasteiger charge is 2.16. The van der Waals surface area contributed by atoms with Crippen molar-refractivity contribution in [1.82, 2.24) is 15.1 Å². The summed E-state index contributed by atoms with van der Waals surface area (Å²) in [6, 6.07) is 9.62. The van der Waals surface area contributed by atoms with Crippen LogP contribution in [-0.4, -0.2) is 15.7 Å². The van der Waals surface area contributed by atoms with E-state index in [0.29, 0.717) is 5.96 Å². The summed E-state index contributed by atoms with van der Waals surface area (Å²) < 4.78 is 1.65. The van der Waals surface area contributed by atoms with Gasteiger partial charge in [0.25, 0.3) is 5.96 Å². The topological polar surface area (TPSA) is 44.3 Å². The SMILES string of the molecule is c1ccc2c(c1)[N]C(n1cccn1)=N2. The zero-order valence-corrected chi connectivity index (χ0v) is 7.33. The van der Waals surface area contributed by atoms with Crippen LogP contribution in [0.4, 0.5) is 11.4 Å². The molecule has 1 aromatic heterocycles.